The van der Waals surface area contributed by atoms with E-state index in [1.165, 1.54) is 4.88 Å². The summed E-state index contributed by atoms with van der Waals surface area (Å²) in [5.74, 6) is 0.0776. The molecule has 0 fully saturated rings. The van der Waals surface area contributed by atoms with Crippen LogP contribution in [-0.4, -0.2) is 25.5 Å². The quantitative estimate of drug-likeness (QED) is 0.783. The molecule has 0 saturated carbocycles. The highest BCUT2D eigenvalue weighted by Crippen LogP contribution is 2.26. The van der Waals surface area contributed by atoms with E-state index in [1.807, 2.05) is 6.92 Å². The molecule has 0 radical (unpaired) electrons. The van der Waals surface area contributed by atoms with E-state index < -0.39 is 0 Å². The van der Waals surface area contributed by atoms with Gasteiger partial charge in [0, 0.05) is 23.4 Å². The van der Waals surface area contributed by atoms with Crippen molar-refractivity contribution in [3.8, 4) is 0 Å². The maximum Gasteiger partial charge on any atom is 0.233 e. The van der Waals surface area contributed by atoms with Gasteiger partial charge in [0.15, 0.2) is 0 Å². The van der Waals surface area contributed by atoms with Crippen molar-refractivity contribution in [2.45, 2.75) is 32.6 Å². The van der Waals surface area contributed by atoms with Gasteiger partial charge in [-0.05, 0) is 17.9 Å². The second kappa shape index (κ2) is 6.77. The Labute approximate surface area is 108 Å². The highest BCUT2D eigenvalue weighted by atomic mass is 32.1. The number of carbonyl (C=O) groups is 1. The SMILES string of the molecule is CCCNC(=O)CNCC(C)(C)c1cccs1. The molecule has 2 N–H and O–H groups in total. The van der Waals surface area contributed by atoms with Gasteiger partial charge in [-0.3, -0.25) is 4.79 Å². The summed E-state index contributed by atoms with van der Waals surface area (Å²) in [6, 6.07) is 4.21. The summed E-state index contributed by atoms with van der Waals surface area (Å²) in [5, 5.41) is 8.16. The van der Waals surface area contributed by atoms with E-state index in [-0.39, 0.29) is 11.3 Å². The van der Waals surface area contributed by atoms with Crippen molar-refractivity contribution in [3.63, 3.8) is 0 Å². The Kier molecular flexibility index (Phi) is 5.65. The van der Waals surface area contributed by atoms with Crippen molar-refractivity contribution in [1.29, 1.82) is 0 Å². The summed E-state index contributed by atoms with van der Waals surface area (Å²) in [5.41, 5.74) is 0.0825. The van der Waals surface area contributed by atoms with Crippen molar-refractivity contribution < 1.29 is 4.79 Å². The minimum Gasteiger partial charge on any atom is -0.355 e. The van der Waals surface area contributed by atoms with Gasteiger partial charge in [-0.2, -0.15) is 0 Å². The molecule has 0 saturated heterocycles. The standard InChI is InChI=1S/C13H22N2OS/c1-4-7-15-12(16)9-14-10-13(2,3)11-6-5-8-17-11/h5-6,8,14H,4,7,9-10H2,1-3H3,(H,15,16). The summed E-state index contributed by atoms with van der Waals surface area (Å²) in [4.78, 5) is 12.7. The number of amides is 1. The van der Waals surface area contributed by atoms with Gasteiger partial charge >= 0.3 is 0 Å². The molecule has 1 amide bonds. The van der Waals surface area contributed by atoms with E-state index >= 15 is 0 Å². The number of nitrogens with one attached hydrogen (secondary N) is 2. The zero-order valence-electron chi connectivity index (χ0n) is 10.9. The van der Waals surface area contributed by atoms with E-state index in [0.717, 1.165) is 19.5 Å². The van der Waals surface area contributed by atoms with Gasteiger partial charge in [0.05, 0.1) is 6.54 Å². The number of thiophene rings is 1. The first-order chi connectivity index (χ1) is 8.06. The Morgan fingerprint density at radius 2 is 2.24 bits per heavy atom. The molecule has 0 aliphatic rings. The Morgan fingerprint density at radius 1 is 1.47 bits per heavy atom. The maximum atomic E-state index is 11.4. The molecule has 0 spiro atoms. The lowest BCUT2D eigenvalue weighted by atomic mass is 9.91. The third-order valence-electron chi connectivity index (χ3n) is 2.61. The summed E-state index contributed by atoms with van der Waals surface area (Å²) in [7, 11) is 0. The van der Waals surface area contributed by atoms with Crippen LogP contribution in [0.2, 0.25) is 0 Å². The zero-order valence-corrected chi connectivity index (χ0v) is 11.7. The molecular weight excluding hydrogens is 232 g/mol. The van der Waals surface area contributed by atoms with Crippen LogP contribution in [0.3, 0.4) is 0 Å². The van der Waals surface area contributed by atoms with Gasteiger partial charge in [-0.25, -0.2) is 0 Å². The Balaban J connectivity index is 2.28. The first-order valence-corrected chi connectivity index (χ1v) is 6.95. The van der Waals surface area contributed by atoms with Crippen LogP contribution in [0.15, 0.2) is 17.5 Å². The first kappa shape index (κ1) is 14.2. The smallest absolute Gasteiger partial charge is 0.233 e. The Hall–Kier alpha value is -0.870. The topological polar surface area (TPSA) is 41.1 Å². The molecule has 1 rings (SSSR count). The Bertz CT molecular complexity index is 333. The number of hydrogen-bond donors (Lipinski definition) is 2. The predicted molar refractivity (Wildman–Crippen MR) is 73.5 cm³/mol. The fourth-order valence-electron chi connectivity index (χ4n) is 1.57. The zero-order chi connectivity index (χ0) is 12.7. The van der Waals surface area contributed by atoms with E-state index in [9.17, 15) is 4.79 Å². The molecule has 96 valence electrons. The van der Waals surface area contributed by atoms with Crippen molar-refractivity contribution in [2.75, 3.05) is 19.6 Å². The average molecular weight is 254 g/mol. The minimum atomic E-state index is 0.0776. The molecule has 17 heavy (non-hydrogen) atoms. The lowest BCUT2D eigenvalue weighted by molar-refractivity contribution is -0.120. The predicted octanol–water partition coefficient (Wildman–Crippen LogP) is 2.14. The van der Waals surface area contributed by atoms with Gasteiger partial charge < -0.3 is 10.6 Å². The van der Waals surface area contributed by atoms with Crippen LogP contribution in [0.1, 0.15) is 32.1 Å². The number of hydrogen-bond acceptors (Lipinski definition) is 3. The molecule has 3 nitrogen and oxygen atoms in total. The fraction of sp³-hybridized carbons (Fsp3) is 0.615. The molecule has 0 aliphatic heterocycles. The van der Waals surface area contributed by atoms with E-state index in [1.54, 1.807) is 11.3 Å². The summed E-state index contributed by atoms with van der Waals surface area (Å²) in [6.07, 6.45) is 0.979. The van der Waals surface area contributed by atoms with E-state index in [0.29, 0.717) is 6.54 Å². The third-order valence-corrected chi connectivity index (χ3v) is 3.85. The number of carbonyl (C=O) groups excluding carboxylic acids is 1. The van der Waals surface area contributed by atoms with Gasteiger partial charge in [-0.15, -0.1) is 11.3 Å². The van der Waals surface area contributed by atoms with Crippen LogP contribution < -0.4 is 10.6 Å². The average Bonchev–Trinajstić information content (AvgIpc) is 2.80. The van der Waals surface area contributed by atoms with Gasteiger partial charge in [-0.1, -0.05) is 26.8 Å². The van der Waals surface area contributed by atoms with Crippen LogP contribution in [-0.2, 0) is 10.2 Å². The molecule has 1 heterocycles. The lowest BCUT2D eigenvalue weighted by Gasteiger charge is -2.23. The molecule has 0 bridgehead atoms. The van der Waals surface area contributed by atoms with Crippen LogP contribution >= 0.6 is 11.3 Å². The largest absolute Gasteiger partial charge is 0.355 e. The summed E-state index contributed by atoms with van der Waals surface area (Å²) >= 11 is 1.76. The molecule has 1 aromatic rings. The van der Waals surface area contributed by atoms with Crippen LogP contribution in [0.25, 0.3) is 0 Å². The second-order valence-corrected chi connectivity index (χ2v) is 5.76. The number of rotatable bonds is 7. The van der Waals surface area contributed by atoms with Crippen molar-refractivity contribution >= 4 is 17.2 Å². The third kappa shape index (κ3) is 4.88. The highest BCUT2D eigenvalue weighted by molar-refractivity contribution is 7.10. The normalized spacial score (nSPS) is 11.5. The lowest BCUT2D eigenvalue weighted by Crippen LogP contribution is -2.39. The first-order valence-electron chi connectivity index (χ1n) is 6.07. The van der Waals surface area contributed by atoms with Gasteiger partial charge in [0.1, 0.15) is 0 Å². The van der Waals surface area contributed by atoms with Crippen molar-refractivity contribution in [3.05, 3.63) is 22.4 Å². The fourth-order valence-corrected chi connectivity index (χ4v) is 2.42. The van der Waals surface area contributed by atoms with E-state index in [2.05, 4.69) is 42.0 Å². The molecule has 4 heteroatoms. The van der Waals surface area contributed by atoms with E-state index in [4.69, 9.17) is 0 Å². The van der Waals surface area contributed by atoms with Gasteiger partial charge in [0.2, 0.25) is 5.91 Å². The second-order valence-electron chi connectivity index (χ2n) is 4.81. The van der Waals surface area contributed by atoms with Crippen LogP contribution in [0.4, 0.5) is 0 Å². The van der Waals surface area contributed by atoms with Crippen LogP contribution in [0.5, 0.6) is 0 Å². The molecule has 0 unspecified atom stereocenters. The summed E-state index contributed by atoms with van der Waals surface area (Å²) in [6.45, 7) is 8.40. The van der Waals surface area contributed by atoms with Gasteiger partial charge in [0.25, 0.3) is 0 Å². The maximum absolute atomic E-state index is 11.4. The molecule has 0 atom stereocenters. The summed E-state index contributed by atoms with van der Waals surface area (Å²) < 4.78 is 0. The molecular formula is C13H22N2OS. The monoisotopic (exact) mass is 254 g/mol. The molecule has 0 aromatic carbocycles. The minimum absolute atomic E-state index is 0.0776. The molecule has 0 aliphatic carbocycles. The van der Waals surface area contributed by atoms with Crippen LogP contribution in [0, 0.1) is 0 Å². The highest BCUT2D eigenvalue weighted by Gasteiger charge is 2.21. The Morgan fingerprint density at radius 3 is 2.82 bits per heavy atom. The van der Waals surface area contributed by atoms with Crippen molar-refractivity contribution in [2.24, 2.45) is 0 Å². The van der Waals surface area contributed by atoms with Crippen molar-refractivity contribution in [1.82, 2.24) is 10.6 Å². The molecule has 1 aromatic heterocycles.